The average Bonchev–Trinajstić information content (AvgIpc) is 2.93. The van der Waals surface area contributed by atoms with E-state index < -0.39 is 11.9 Å². The molecule has 1 heterocycles. The first-order valence-electron chi connectivity index (χ1n) is 12.0. The van der Waals surface area contributed by atoms with Crippen molar-refractivity contribution >= 4 is 52.5 Å². The van der Waals surface area contributed by atoms with Crippen LogP contribution in [0.1, 0.15) is 29.5 Å². The third kappa shape index (κ3) is 7.04. The fourth-order valence-electron chi connectivity index (χ4n) is 4.09. The highest BCUT2D eigenvalue weighted by atomic mass is 35.5. The monoisotopic (exact) mass is 577 g/mol. The van der Waals surface area contributed by atoms with Gasteiger partial charge in [0, 0.05) is 21.4 Å². The van der Waals surface area contributed by atoms with E-state index >= 15 is 0 Å². The Morgan fingerprint density at radius 1 is 1.05 bits per heavy atom. The largest absolute Gasteiger partial charge is 0.457 e. The van der Waals surface area contributed by atoms with Gasteiger partial charge in [0.05, 0.1) is 33.9 Å². The summed E-state index contributed by atoms with van der Waals surface area (Å²) in [6, 6.07) is 23.9. The predicted octanol–water partition coefficient (Wildman–Crippen LogP) is 7.11. The van der Waals surface area contributed by atoms with Crippen LogP contribution in [0.15, 0.2) is 94.7 Å². The minimum atomic E-state index is -0.696. The third-order valence-corrected chi connectivity index (χ3v) is 7.76. The number of anilines is 1. The highest BCUT2D eigenvalue weighted by Gasteiger charge is 2.35. The van der Waals surface area contributed by atoms with Crippen molar-refractivity contribution < 1.29 is 14.3 Å². The molecule has 1 amide bonds. The average molecular weight is 579 g/mol. The van der Waals surface area contributed by atoms with E-state index in [-0.39, 0.29) is 18.3 Å². The van der Waals surface area contributed by atoms with Crippen LogP contribution in [-0.4, -0.2) is 17.6 Å². The summed E-state index contributed by atoms with van der Waals surface area (Å²) in [5.74, 6) is -1.45. The number of allylic oxidation sites excluding steroid dienone is 2. The van der Waals surface area contributed by atoms with E-state index in [0.29, 0.717) is 43.2 Å². The quantitative estimate of drug-likeness (QED) is 0.277. The van der Waals surface area contributed by atoms with Crippen molar-refractivity contribution in [1.29, 1.82) is 5.26 Å². The molecule has 1 aliphatic rings. The fraction of sp³-hybridized carbons (Fsp3) is 0.167. The van der Waals surface area contributed by atoms with E-state index in [1.165, 1.54) is 11.8 Å². The number of carbonyl (C=O) groups excluding carboxylic acids is 2. The molecule has 2 N–H and O–H groups in total. The minimum absolute atomic E-state index is 0.0351. The van der Waals surface area contributed by atoms with E-state index in [0.717, 1.165) is 11.1 Å². The lowest BCUT2D eigenvalue weighted by molar-refractivity contribution is -0.140. The normalized spacial score (nSPS) is 14.9. The van der Waals surface area contributed by atoms with Gasteiger partial charge >= 0.3 is 5.97 Å². The van der Waals surface area contributed by atoms with Gasteiger partial charge in [-0.15, -0.1) is 0 Å². The molecule has 39 heavy (non-hydrogen) atoms. The number of hydrogen-bond acceptors (Lipinski definition) is 6. The number of halogens is 2. The zero-order valence-electron chi connectivity index (χ0n) is 21.3. The summed E-state index contributed by atoms with van der Waals surface area (Å²) in [7, 11) is 0. The van der Waals surface area contributed by atoms with Crippen molar-refractivity contribution in [2.75, 3.05) is 11.1 Å². The van der Waals surface area contributed by atoms with Crippen LogP contribution in [-0.2, 0) is 20.9 Å². The van der Waals surface area contributed by atoms with E-state index in [9.17, 15) is 14.9 Å². The number of nitriles is 1. The predicted molar refractivity (Wildman–Crippen MR) is 156 cm³/mol. The number of carbonyl (C=O) groups is 2. The second kappa shape index (κ2) is 12.9. The number of aryl methyl sites for hydroxylation is 1. The van der Waals surface area contributed by atoms with Crippen molar-refractivity contribution in [1.82, 2.24) is 5.32 Å². The maximum atomic E-state index is 13.4. The number of thioether (sulfide) groups is 1. The number of esters is 1. The van der Waals surface area contributed by atoms with Crippen LogP contribution < -0.4 is 10.6 Å². The number of hydrogen-bond donors (Lipinski definition) is 2. The lowest BCUT2D eigenvalue weighted by atomic mass is 9.82. The molecule has 198 valence electrons. The Morgan fingerprint density at radius 3 is 2.44 bits per heavy atom. The van der Waals surface area contributed by atoms with Crippen LogP contribution in [0.2, 0.25) is 10.0 Å². The van der Waals surface area contributed by atoms with Crippen LogP contribution >= 0.6 is 35.0 Å². The number of rotatable bonds is 8. The Balaban J connectivity index is 1.58. The number of nitrogens with zero attached hydrogens (tertiary/aromatic N) is 1. The molecule has 0 aromatic heterocycles. The summed E-state index contributed by atoms with van der Waals surface area (Å²) in [5, 5.41) is 17.8. The zero-order chi connectivity index (χ0) is 27.9. The number of benzene rings is 3. The van der Waals surface area contributed by atoms with Crippen molar-refractivity contribution in [3.63, 3.8) is 0 Å². The van der Waals surface area contributed by atoms with E-state index in [4.69, 9.17) is 27.9 Å². The van der Waals surface area contributed by atoms with Crippen LogP contribution in [0.5, 0.6) is 0 Å². The van der Waals surface area contributed by atoms with Gasteiger partial charge in [0.2, 0.25) is 5.91 Å². The molecule has 3 aromatic carbocycles. The molecule has 1 aliphatic heterocycles. The van der Waals surface area contributed by atoms with Gasteiger partial charge in [-0.05, 0) is 54.8 Å². The molecule has 3 aromatic rings. The minimum Gasteiger partial charge on any atom is -0.457 e. The second-order valence-corrected chi connectivity index (χ2v) is 10.7. The van der Waals surface area contributed by atoms with Crippen molar-refractivity contribution in [2.24, 2.45) is 0 Å². The topological polar surface area (TPSA) is 91.2 Å². The highest BCUT2D eigenvalue weighted by molar-refractivity contribution is 8.03. The molecule has 0 aliphatic carbocycles. The summed E-state index contributed by atoms with van der Waals surface area (Å²) < 4.78 is 5.65. The number of dihydropyridines is 1. The van der Waals surface area contributed by atoms with Gasteiger partial charge in [-0.2, -0.15) is 5.26 Å². The van der Waals surface area contributed by atoms with Gasteiger partial charge in [0.25, 0.3) is 0 Å². The first-order valence-corrected chi connectivity index (χ1v) is 13.8. The SMILES string of the molecule is CC1=C(C(=O)OCc2ccccc2)C(c2ccc(Cl)cc2)C(C#N)=C(SCC(=O)Nc2ccc(C)c(Cl)c2)N1. The van der Waals surface area contributed by atoms with Crippen LogP contribution in [0.25, 0.3) is 0 Å². The summed E-state index contributed by atoms with van der Waals surface area (Å²) >= 11 is 13.5. The molecule has 0 fully saturated rings. The van der Waals surface area contributed by atoms with Crippen molar-refractivity contribution in [2.45, 2.75) is 26.4 Å². The Kier molecular flexibility index (Phi) is 9.36. The molecule has 0 saturated heterocycles. The van der Waals surface area contributed by atoms with Gasteiger partial charge < -0.3 is 15.4 Å². The summed E-state index contributed by atoms with van der Waals surface area (Å²) in [6.07, 6.45) is 0. The second-order valence-electron chi connectivity index (χ2n) is 8.87. The molecule has 0 spiro atoms. The number of nitrogens with one attached hydrogen (secondary N) is 2. The smallest absolute Gasteiger partial charge is 0.337 e. The van der Waals surface area contributed by atoms with Gasteiger partial charge in [-0.25, -0.2) is 4.79 Å². The van der Waals surface area contributed by atoms with E-state index in [2.05, 4.69) is 16.7 Å². The van der Waals surface area contributed by atoms with Gasteiger partial charge in [-0.3, -0.25) is 4.79 Å². The maximum absolute atomic E-state index is 13.4. The van der Waals surface area contributed by atoms with E-state index in [1.54, 1.807) is 43.3 Å². The molecule has 0 radical (unpaired) electrons. The van der Waals surface area contributed by atoms with E-state index in [1.807, 2.05) is 43.3 Å². The van der Waals surface area contributed by atoms with Crippen molar-refractivity contribution in [3.8, 4) is 6.07 Å². The summed E-state index contributed by atoms with van der Waals surface area (Å²) in [5.41, 5.74) is 4.23. The molecule has 1 unspecified atom stereocenters. The van der Waals surface area contributed by atoms with Gasteiger partial charge in [-0.1, -0.05) is 83.5 Å². The standard InChI is InChI=1S/C30H25Cl2N3O3S/c1-18-8-13-23(14-25(18)32)35-26(36)17-39-29-24(15-33)28(21-9-11-22(31)12-10-21)27(19(2)34-29)30(37)38-16-20-6-4-3-5-7-20/h3-14,28,34H,16-17H2,1-2H3,(H,35,36). The molecule has 9 heteroatoms. The third-order valence-electron chi connectivity index (χ3n) is 6.09. The number of amides is 1. The maximum Gasteiger partial charge on any atom is 0.337 e. The number of ether oxygens (including phenoxy) is 1. The Labute approximate surface area is 241 Å². The molecular formula is C30H25Cl2N3O3S. The molecule has 4 rings (SSSR count). The Bertz CT molecular complexity index is 1500. The molecule has 0 saturated carbocycles. The molecule has 0 bridgehead atoms. The zero-order valence-corrected chi connectivity index (χ0v) is 23.6. The Hall–Kier alpha value is -3.70. The van der Waals surface area contributed by atoms with Gasteiger partial charge in [0.15, 0.2) is 0 Å². The molecule has 6 nitrogen and oxygen atoms in total. The summed E-state index contributed by atoms with van der Waals surface area (Å²) in [6.45, 7) is 3.73. The molecule has 1 atom stereocenters. The van der Waals surface area contributed by atoms with Crippen LogP contribution in [0, 0.1) is 18.3 Å². The highest BCUT2D eigenvalue weighted by Crippen LogP contribution is 2.41. The summed E-state index contributed by atoms with van der Waals surface area (Å²) in [4.78, 5) is 26.1. The van der Waals surface area contributed by atoms with Crippen LogP contribution in [0.3, 0.4) is 0 Å². The van der Waals surface area contributed by atoms with Gasteiger partial charge in [0.1, 0.15) is 6.61 Å². The molecular weight excluding hydrogens is 553 g/mol. The first-order chi connectivity index (χ1) is 18.8. The Morgan fingerprint density at radius 2 is 1.77 bits per heavy atom. The lowest BCUT2D eigenvalue weighted by Gasteiger charge is -2.29. The lowest BCUT2D eigenvalue weighted by Crippen LogP contribution is -2.29. The first kappa shape index (κ1) is 28.3. The fourth-order valence-corrected chi connectivity index (χ4v) is 5.29. The van der Waals surface area contributed by atoms with Crippen molar-refractivity contribution in [3.05, 3.63) is 121 Å². The van der Waals surface area contributed by atoms with Crippen LogP contribution in [0.4, 0.5) is 5.69 Å².